The molecule has 5 N–H and O–H groups in total. The molecule has 10 nitrogen and oxygen atoms in total. The molecule has 1 aromatic carbocycles. The molecule has 0 saturated heterocycles. The summed E-state index contributed by atoms with van der Waals surface area (Å²) in [7, 11) is 0. The van der Waals surface area contributed by atoms with Crippen LogP contribution in [-0.2, 0) is 27.3 Å². The van der Waals surface area contributed by atoms with Gasteiger partial charge >= 0.3 is 5.97 Å². The lowest BCUT2D eigenvalue weighted by Crippen LogP contribution is -2.37. The molecule has 0 fully saturated rings. The highest BCUT2D eigenvalue weighted by atomic mass is 35.5. The zero-order chi connectivity index (χ0) is 23.4. The Balaban J connectivity index is 1.85. The zero-order valence-electron chi connectivity index (χ0n) is 16.7. The highest BCUT2D eigenvalue weighted by Gasteiger charge is 2.26. The molecular weight excluding hydrogens is 461 g/mol. The summed E-state index contributed by atoms with van der Waals surface area (Å²) in [6, 6.07) is 1.51. The summed E-state index contributed by atoms with van der Waals surface area (Å²) in [6.07, 6.45) is 3.18. The van der Waals surface area contributed by atoms with Crippen LogP contribution in [0.4, 0.5) is 0 Å². The van der Waals surface area contributed by atoms with E-state index in [-0.39, 0.29) is 28.8 Å². The van der Waals surface area contributed by atoms with Crippen molar-refractivity contribution in [3.63, 3.8) is 0 Å². The molecule has 3 rings (SSSR count). The highest BCUT2D eigenvalue weighted by molar-refractivity contribution is 6.46. The lowest BCUT2D eigenvalue weighted by atomic mass is 9.98. The molecule has 0 radical (unpaired) electrons. The van der Waals surface area contributed by atoms with Crippen LogP contribution in [0.2, 0.25) is 10.0 Å². The summed E-state index contributed by atoms with van der Waals surface area (Å²) >= 11 is 12.6. The number of fused-ring (bicyclic) bond motifs is 3. The van der Waals surface area contributed by atoms with Crippen molar-refractivity contribution in [2.24, 2.45) is 0 Å². The number of aliphatic hydroxyl groups excluding tert-OH is 1. The van der Waals surface area contributed by atoms with E-state index >= 15 is 0 Å². The average Bonchev–Trinajstić information content (AvgIpc) is 3.16. The van der Waals surface area contributed by atoms with Gasteiger partial charge in [0.25, 0.3) is 0 Å². The van der Waals surface area contributed by atoms with E-state index in [1.165, 1.54) is 23.2 Å². The number of aliphatic hydroxyl groups is 1. The molecule has 2 heterocycles. The summed E-state index contributed by atoms with van der Waals surface area (Å²) in [5.41, 5.74) is 2.36. The molecule has 0 aliphatic carbocycles. The van der Waals surface area contributed by atoms with Gasteiger partial charge in [-0.2, -0.15) is 0 Å². The number of carbonyl (C=O) groups is 3. The van der Waals surface area contributed by atoms with Crippen molar-refractivity contribution in [1.82, 2.24) is 20.5 Å². The maximum Gasteiger partial charge on any atom is 0.322 e. The van der Waals surface area contributed by atoms with Crippen molar-refractivity contribution in [3.05, 3.63) is 50.6 Å². The molecule has 170 valence electrons. The second-order valence-corrected chi connectivity index (χ2v) is 7.83. The first-order chi connectivity index (χ1) is 15.2. The molecular formula is C20H20Cl2N5O5-. The third-order valence-electron chi connectivity index (χ3n) is 4.96. The van der Waals surface area contributed by atoms with E-state index in [0.717, 1.165) is 11.3 Å². The molecule has 0 bridgehead atoms. The van der Waals surface area contributed by atoms with Crippen LogP contribution in [0.5, 0.6) is 0 Å². The third kappa shape index (κ3) is 5.04. The minimum absolute atomic E-state index is 0.167. The minimum Gasteiger partial charge on any atom is -0.803 e. The second kappa shape index (κ2) is 10.0. The molecule has 0 saturated carbocycles. The number of hydrogen-bond acceptors (Lipinski definition) is 5. The molecule has 0 atom stereocenters. The van der Waals surface area contributed by atoms with E-state index in [9.17, 15) is 24.9 Å². The number of carboxylic acid groups (broad SMARTS) is 1. The van der Waals surface area contributed by atoms with Crippen LogP contribution in [0.15, 0.2) is 18.3 Å². The fourth-order valence-corrected chi connectivity index (χ4v) is 3.87. The predicted molar refractivity (Wildman–Crippen MR) is 120 cm³/mol. The van der Waals surface area contributed by atoms with Gasteiger partial charge in [-0.3, -0.25) is 14.4 Å². The average molecular weight is 481 g/mol. The number of allylic oxidation sites excluding steroid dienone is 1. The molecule has 1 aliphatic rings. The Bertz CT molecular complexity index is 1130. The first-order valence-corrected chi connectivity index (χ1v) is 10.3. The van der Waals surface area contributed by atoms with Gasteiger partial charge in [-0.05, 0) is 17.8 Å². The molecule has 1 aromatic heterocycles. The number of nitrogens with zero attached hydrogens (tertiary/aromatic N) is 2. The van der Waals surface area contributed by atoms with E-state index in [0.29, 0.717) is 29.4 Å². The number of aromatic amines is 1. The molecule has 2 aromatic rings. The quantitative estimate of drug-likeness (QED) is 0.354. The van der Waals surface area contributed by atoms with E-state index < -0.39 is 30.9 Å². The summed E-state index contributed by atoms with van der Waals surface area (Å²) in [4.78, 5) is 38.7. The van der Waals surface area contributed by atoms with Gasteiger partial charge in [-0.25, -0.2) is 0 Å². The third-order valence-corrected chi connectivity index (χ3v) is 5.75. The predicted octanol–water partition coefficient (Wildman–Crippen LogP) is 1.01. The Morgan fingerprint density at radius 2 is 2.03 bits per heavy atom. The number of carboxylic acids is 1. The topological polar surface area (TPSA) is 157 Å². The number of carbonyl (C=O) groups excluding carboxylic acids is 2. The van der Waals surface area contributed by atoms with E-state index in [2.05, 4.69) is 15.6 Å². The normalized spacial score (nSPS) is 13.3. The maximum atomic E-state index is 12.0. The summed E-state index contributed by atoms with van der Waals surface area (Å²) in [5, 5.41) is 34.4. The Hall–Kier alpha value is -3.08. The molecule has 2 amide bonds. The van der Waals surface area contributed by atoms with Gasteiger partial charge in [0.1, 0.15) is 13.2 Å². The molecule has 1 aliphatic heterocycles. The lowest BCUT2D eigenvalue weighted by molar-refractivity contribution is -0.137. The standard InChI is InChI=1S/C20H20Cl2N5O5/c21-12-5-10(13(23)1-3-24-6-15(29)25-7-17(31)32)18-11-8-27(16(30)9-28)4-2-14(11)26-20(18)19(12)22/h1,3,5,24,26,28H,2,4,6-9H2,(H,25,29)(H,31,32)/q-1/b3-1-. The van der Waals surface area contributed by atoms with Crippen molar-refractivity contribution in [1.29, 1.82) is 0 Å². The number of benzene rings is 1. The number of nitrogens with one attached hydrogen (secondary N) is 3. The van der Waals surface area contributed by atoms with E-state index in [1.54, 1.807) is 0 Å². The van der Waals surface area contributed by atoms with Crippen LogP contribution in [0.1, 0.15) is 16.8 Å². The Morgan fingerprint density at radius 1 is 1.28 bits per heavy atom. The zero-order valence-corrected chi connectivity index (χ0v) is 18.3. The largest absolute Gasteiger partial charge is 0.803 e. The number of rotatable bonds is 8. The van der Waals surface area contributed by atoms with Gasteiger partial charge in [0, 0.05) is 36.2 Å². The Labute approximate surface area is 192 Å². The van der Waals surface area contributed by atoms with Gasteiger partial charge in [0.05, 0.1) is 22.1 Å². The van der Waals surface area contributed by atoms with Crippen molar-refractivity contribution in [2.75, 3.05) is 26.2 Å². The van der Waals surface area contributed by atoms with Crippen molar-refractivity contribution >= 4 is 57.6 Å². The number of aromatic nitrogens is 1. The van der Waals surface area contributed by atoms with Crippen LogP contribution in [0.3, 0.4) is 0 Å². The van der Waals surface area contributed by atoms with Crippen LogP contribution in [-0.4, -0.2) is 69.8 Å². The van der Waals surface area contributed by atoms with Gasteiger partial charge in [0.15, 0.2) is 0 Å². The van der Waals surface area contributed by atoms with Crippen molar-refractivity contribution < 1.29 is 24.6 Å². The minimum atomic E-state index is -1.16. The molecule has 32 heavy (non-hydrogen) atoms. The first-order valence-electron chi connectivity index (χ1n) is 9.57. The molecule has 0 spiro atoms. The van der Waals surface area contributed by atoms with Crippen molar-refractivity contribution in [3.8, 4) is 0 Å². The van der Waals surface area contributed by atoms with E-state index in [4.69, 9.17) is 28.3 Å². The number of H-pyrrole nitrogens is 1. The second-order valence-electron chi connectivity index (χ2n) is 7.05. The van der Waals surface area contributed by atoms with Gasteiger partial charge in [0.2, 0.25) is 11.8 Å². The number of hydrogen-bond donors (Lipinski definition) is 5. The monoisotopic (exact) mass is 480 g/mol. The van der Waals surface area contributed by atoms with Crippen LogP contribution in [0.25, 0.3) is 16.3 Å². The Morgan fingerprint density at radius 3 is 2.72 bits per heavy atom. The fraction of sp³-hybridized carbons (Fsp3) is 0.300. The van der Waals surface area contributed by atoms with Crippen LogP contribution in [0, 0.1) is 0 Å². The number of amides is 2. The van der Waals surface area contributed by atoms with Crippen LogP contribution >= 0.6 is 23.2 Å². The van der Waals surface area contributed by atoms with Crippen molar-refractivity contribution in [2.45, 2.75) is 13.0 Å². The smallest absolute Gasteiger partial charge is 0.322 e. The van der Waals surface area contributed by atoms with E-state index in [1.807, 2.05) is 0 Å². The maximum absolute atomic E-state index is 12.0. The molecule has 12 heteroatoms. The number of halogens is 2. The number of aliphatic carboxylic acids is 1. The first kappa shape index (κ1) is 23.6. The molecule has 0 unspecified atom stereocenters. The van der Waals surface area contributed by atoms with Gasteiger partial charge in [-0.1, -0.05) is 29.3 Å². The summed E-state index contributed by atoms with van der Waals surface area (Å²) in [5.74, 6) is -2.08. The van der Waals surface area contributed by atoms with Crippen LogP contribution < -0.4 is 10.6 Å². The SMILES string of the molecule is [N-]=C(/C=C\NCC(=O)NCC(=O)O)c1cc(Cl)c(Cl)c2[nH]c3c(c12)CN(C(=O)CO)CC3. The highest BCUT2D eigenvalue weighted by Crippen LogP contribution is 2.38. The Kier molecular flexibility index (Phi) is 7.39. The summed E-state index contributed by atoms with van der Waals surface area (Å²) in [6.45, 7) is -0.603. The fourth-order valence-electron chi connectivity index (χ4n) is 3.47. The van der Waals surface area contributed by atoms with Gasteiger partial charge < -0.3 is 36.1 Å². The summed E-state index contributed by atoms with van der Waals surface area (Å²) < 4.78 is 0. The van der Waals surface area contributed by atoms with Gasteiger partial charge in [-0.15, -0.1) is 5.71 Å². The lowest BCUT2D eigenvalue weighted by Gasteiger charge is -2.27.